The summed E-state index contributed by atoms with van der Waals surface area (Å²) in [5, 5.41) is 6.23. The molecule has 0 heterocycles. The van der Waals surface area contributed by atoms with Gasteiger partial charge in [-0.05, 0) is 42.3 Å². The number of guanidine groups is 1. The van der Waals surface area contributed by atoms with Crippen LogP contribution in [0.3, 0.4) is 0 Å². The lowest BCUT2D eigenvalue weighted by molar-refractivity contribution is -0.137. The molecule has 29 heavy (non-hydrogen) atoms. The van der Waals surface area contributed by atoms with Crippen molar-refractivity contribution in [3.63, 3.8) is 0 Å². The Balaban J connectivity index is 0.00000420. The highest BCUT2D eigenvalue weighted by Gasteiger charge is 2.29. The van der Waals surface area contributed by atoms with Crippen LogP contribution in [0.5, 0.6) is 11.5 Å². The molecule has 0 radical (unpaired) electrons. The molecule has 2 aromatic carbocycles. The summed E-state index contributed by atoms with van der Waals surface area (Å²) in [5.74, 6) is 1.83. The molecule has 0 aromatic heterocycles. The molecule has 160 valence electrons. The van der Waals surface area contributed by atoms with Crippen molar-refractivity contribution in [1.82, 2.24) is 10.6 Å². The maximum absolute atomic E-state index is 12.6. The van der Waals surface area contributed by atoms with Gasteiger partial charge in [0.1, 0.15) is 0 Å². The van der Waals surface area contributed by atoms with E-state index in [0.717, 1.165) is 23.3 Å². The Labute approximate surface area is 185 Å². The second-order valence-electron chi connectivity index (χ2n) is 5.93. The number of benzene rings is 2. The lowest BCUT2D eigenvalue weighted by Gasteiger charge is -2.13. The summed E-state index contributed by atoms with van der Waals surface area (Å²) in [4.78, 5) is 4.50. The van der Waals surface area contributed by atoms with E-state index in [1.807, 2.05) is 25.1 Å². The van der Waals surface area contributed by atoms with Gasteiger partial charge < -0.3 is 20.1 Å². The number of methoxy groups -OCH3 is 2. The van der Waals surface area contributed by atoms with Crippen molar-refractivity contribution in [3.05, 3.63) is 59.2 Å². The summed E-state index contributed by atoms with van der Waals surface area (Å²) < 4.78 is 48.4. The number of hydrogen-bond acceptors (Lipinski definition) is 3. The van der Waals surface area contributed by atoms with Gasteiger partial charge in [-0.25, -0.2) is 4.99 Å². The van der Waals surface area contributed by atoms with Gasteiger partial charge in [-0.1, -0.05) is 18.2 Å². The van der Waals surface area contributed by atoms with E-state index in [1.165, 1.54) is 12.1 Å². The summed E-state index contributed by atoms with van der Waals surface area (Å²) in [6, 6.07) is 10.6. The molecule has 0 aliphatic rings. The van der Waals surface area contributed by atoms with Crippen LogP contribution in [0.2, 0.25) is 0 Å². The van der Waals surface area contributed by atoms with Crippen LogP contribution in [0.4, 0.5) is 13.2 Å². The van der Waals surface area contributed by atoms with Crippen LogP contribution in [-0.2, 0) is 19.3 Å². The summed E-state index contributed by atoms with van der Waals surface area (Å²) in [5.41, 5.74) is 0.999. The molecule has 0 amide bonds. The zero-order valence-electron chi connectivity index (χ0n) is 16.5. The van der Waals surface area contributed by atoms with Crippen LogP contribution in [-0.4, -0.2) is 26.7 Å². The van der Waals surface area contributed by atoms with E-state index < -0.39 is 11.7 Å². The minimum Gasteiger partial charge on any atom is -0.493 e. The standard InChI is InChI=1S/C20H24F3N3O2.HI/c1-4-24-19(25-12-14-5-8-16(9-6-14)20(21,22)23)26-13-15-7-10-17(27-2)18(11-15)28-3;/h5-11H,4,12-13H2,1-3H3,(H2,24,25,26);1H. The highest BCUT2D eigenvalue weighted by atomic mass is 127. The number of alkyl halides is 3. The fourth-order valence-electron chi connectivity index (χ4n) is 2.49. The Morgan fingerprint density at radius 3 is 2.10 bits per heavy atom. The summed E-state index contributed by atoms with van der Waals surface area (Å²) >= 11 is 0. The third-order valence-electron chi connectivity index (χ3n) is 3.95. The zero-order chi connectivity index (χ0) is 20.6. The highest BCUT2D eigenvalue weighted by molar-refractivity contribution is 14.0. The van der Waals surface area contributed by atoms with Gasteiger partial charge in [0.05, 0.1) is 26.3 Å². The molecule has 0 spiro atoms. The van der Waals surface area contributed by atoms with Gasteiger partial charge in [0.2, 0.25) is 0 Å². The van der Waals surface area contributed by atoms with Gasteiger partial charge in [-0.15, -0.1) is 24.0 Å². The first kappa shape index (κ1) is 24.9. The minimum absolute atomic E-state index is 0. The Kier molecular flexibility index (Phi) is 10.1. The molecular formula is C20H25F3IN3O2. The third-order valence-corrected chi connectivity index (χ3v) is 3.95. The summed E-state index contributed by atoms with van der Waals surface area (Å²) in [7, 11) is 3.14. The second-order valence-corrected chi connectivity index (χ2v) is 5.93. The number of aliphatic imine (C=N–C) groups is 1. The minimum atomic E-state index is -4.33. The predicted molar refractivity (Wildman–Crippen MR) is 118 cm³/mol. The smallest absolute Gasteiger partial charge is 0.416 e. The Bertz CT molecular complexity index is 797. The van der Waals surface area contributed by atoms with Crippen molar-refractivity contribution in [3.8, 4) is 11.5 Å². The molecule has 0 fully saturated rings. The van der Waals surface area contributed by atoms with Gasteiger partial charge in [-0.3, -0.25) is 0 Å². The van der Waals surface area contributed by atoms with Gasteiger partial charge >= 0.3 is 6.18 Å². The van der Waals surface area contributed by atoms with Crippen molar-refractivity contribution in [2.45, 2.75) is 26.2 Å². The summed E-state index contributed by atoms with van der Waals surface area (Å²) in [6.45, 7) is 3.36. The average molecular weight is 523 g/mol. The quantitative estimate of drug-likeness (QED) is 0.317. The number of nitrogens with one attached hydrogen (secondary N) is 2. The zero-order valence-corrected chi connectivity index (χ0v) is 18.8. The van der Waals surface area contributed by atoms with Crippen LogP contribution in [0.25, 0.3) is 0 Å². The van der Waals surface area contributed by atoms with E-state index in [0.29, 0.717) is 37.1 Å². The van der Waals surface area contributed by atoms with Crippen LogP contribution in [0.15, 0.2) is 47.5 Å². The van der Waals surface area contributed by atoms with E-state index in [2.05, 4.69) is 15.6 Å². The monoisotopic (exact) mass is 523 g/mol. The average Bonchev–Trinajstić information content (AvgIpc) is 2.69. The first-order valence-corrected chi connectivity index (χ1v) is 8.76. The maximum atomic E-state index is 12.6. The van der Waals surface area contributed by atoms with Crippen LogP contribution < -0.4 is 20.1 Å². The first-order valence-electron chi connectivity index (χ1n) is 8.76. The maximum Gasteiger partial charge on any atom is 0.416 e. The lowest BCUT2D eigenvalue weighted by Crippen LogP contribution is -2.36. The number of ether oxygens (including phenoxy) is 2. The molecule has 0 saturated heterocycles. The van der Waals surface area contributed by atoms with Crippen molar-refractivity contribution in [2.24, 2.45) is 4.99 Å². The van der Waals surface area contributed by atoms with Crippen LogP contribution in [0, 0.1) is 0 Å². The number of hydrogen-bond donors (Lipinski definition) is 2. The number of rotatable bonds is 7. The molecule has 0 aliphatic heterocycles. The largest absolute Gasteiger partial charge is 0.493 e. The molecule has 2 aromatic rings. The predicted octanol–water partition coefficient (Wildman–Crippen LogP) is 4.60. The van der Waals surface area contributed by atoms with E-state index in [4.69, 9.17) is 9.47 Å². The molecule has 2 rings (SSSR count). The highest BCUT2D eigenvalue weighted by Crippen LogP contribution is 2.29. The van der Waals surface area contributed by atoms with E-state index >= 15 is 0 Å². The van der Waals surface area contributed by atoms with Crippen LogP contribution in [0.1, 0.15) is 23.6 Å². The van der Waals surface area contributed by atoms with Gasteiger partial charge in [0.15, 0.2) is 17.5 Å². The van der Waals surface area contributed by atoms with Gasteiger partial charge in [0.25, 0.3) is 0 Å². The van der Waals surface area contributed by atoms with Crippen molar-refractivity contribution >= 4 is 29.9 Å². The normalized spacial score (nSPS) is 11.4. The topological polar surface area (TPSA) is 54.9 Å². The van der Waals surface area contributed by atoms with E-state index in [-0.39, 0.29) is 24.0 Å². The van der Waals surface area contributed by atoms with Crippen molar-refractivity contribution in [2.75, 3.05) is 20.8 Å². The van der Waals surface area contributed by atoms with E-state index in [1.54, 1.807) is 14.2 Å². The molecule has 5 nitrogen and oxygen atoms in total. The molecule has 0 unspecified atom stereocenters. The molecular weight excluding hydrogens is 498 g/mol. The lowest BCUT2D eigenvalue weighted by atomic mass is 10.1. The molecule has 0 atom stereocenters. The van der Waals surface area contributed by atoms with Crippen LogP contribution >= 0.6 is 24.0 Å². The van der Waals surface area contributed by atoms with E-state index in [9.17, 15) is 13.2 Å². The Hall–Kier alpha value is -2.17. The van der Waals surface area contributed by atoms with Gasteiger partial charge in [0, 0.05) is 13.1 Å². The first-order chi connectivity index (χ1) is 13.4. The van der Waals surface area contributed by atoms with Gasteiger partial charge in [-0.2, -0.15) is 13.2 Å². The SMILES string of the molecule is CCNC(=NCc1ccc(OC)c(OC)c1)NCc1ccc(C(F)(F)F)cc1.I. The molecule has 0 bridgehead atoms. The Morgan fingerprint density at radius 1 is 0.931 bits per heavy atom. The van der Waals surface area contributed by atoms with Crippen molar-refractivity contribution < 1.29 is 22.6 Å². The molecule has 9 heteroatoms. The Morgan fingerprint density at radius 2 is 1.55 bits per heavy atom. The second kappa shape index (κ2) is 11.7. The fraction of sp³-hybridized carbons (Fsp3) is 0.350. The van der Waals surface area contributed by atoms with Crippen molar-refractivity contribution in [1.29, 1.82) is 0 Å². The number of halogens is 4. The summed E-state index contributed by atoms with van der Waals surface area (Å²) in [6.07, 6.45) is -4.33. The fourth-order valence-corrected chi connectivity index (χ4v) is 2.49. The molecule has 0 aliphatic carbocycles. The third kappa shape index (κ3) is 7.64. The number of nitrogens with zero attached hydrogens (tertiary/aromatic N) is 1. The molecule has 2 N–H and O–H groups in total. The molecule has 0 saturated carbocycles.